The van der Waals surface area contributed by atoms with Gasteiger partial charge in [-0.25, -0.2) is 0 Å². The molecule has 2 aliphatic heterocycles. The van der Waals surface area contributed by atoms with Crippen LogP contribution in [0, 0.1) is 6.92 Å². The van der Waals surface area contributed by atoms with E-state index in [0.717, 1.165) is 35.5 Å². The number of Topliss-reactive ketones (excluding diaryl/α,β-unsaturated/α-hetero) is 1. The molecule has 0 spiro atoms. The molecule has 1 saturated heterocycles. The predicted molar refractivity (Wildman–Crippen MR) is 128 cm³/mol. The Balaban J connectivity index is 1.62. The molecule has 8 N–H and O–H groups in total. The molecule has 1 aliphatic carbocycles. The minimum atomic E-state index is -1.44. The number of thioether (sulfide) groups is 1. The Morgan fingerprint density at radius 3 is 2.70 bits per heavy atom. The van der Waals surface area contributed by atoms with Gasteiger partial charge in [-0.3, -0.25) is 9.59 Å². The third-order valence-electron chi connectivity index (χ3n) is 7.16. The number of nitrogen functional groups attached to an aromatic ring is 1. The number of carbonyl (C=O) groups excluding carboxylic acids is 2. The standard InChI is InChI=1S/C24H29N5O3S/c1-11-9-13(32-2)3-4-14(11)24(27)15-5-6-16(25)20-17(15)18(19(26)22(24)30)21(33-20)23(31)29-12-7-8-28-10-12/h3-6,9,12,18-19,21,28H,7-8,10,25-27H2,1-2H3,(H,29,31). The van der Waals surface area contributed by atoms with Gasteiger partial charge in [0.05, 0.1) is 18.4 Å². The Labute approximate surface area is 197 Å². The number of hydrogen-bond acceptors (Lipinski definition) is 8. The Morgan fingerprint density at radius 1 is 1.27 bits per heavy atom. The van der Waals surface area contributed by atoms with Gasteiger partial charge in [0.15, 0.2) is 5.78 Å². The highest BCUT2D eigenvalue weighted by molar-refractivity contribution is 8.01. The quantitative estimate of drug-likeness (QED) is 0.414. The molecule has 9 heteroatoms. The second-order valence-electron chi connectivity index (χ2n) is 9.09. The SMILES string of the molecule is COc1ccc(C2(N)C(=O)C(N)C3c4c2ccc(N)c4SC3C(=O)NC2CCNC2)c(C)c1. The molecule has 174 valence electrons. The van der Waals surface area contributed by atoms with Crippen LogP contribution >= 0.6 is 11.8 Å². The highest BCUT2D eigenvalue weighted by Crippen LogP contribution is 2.56. The fraction of sp³-hybridized carbons (Fsp3) is 0.417. The number of rotatable bonds is 4. The van der Waals surface area contributed by atoms with Crippen LogP contribution in [0.25, 0.3) is 0 Å². The van der Waals surface area contributed by atoms with Crippen molar-refractivity contribution in [2.75, 3.05) is 25.9 Å². The summed E-state index contributed by atoms with van der Waals surface area (Å²) >= 11 is 1.39. The summed E-state index contributed by atoms with van der Waals surface area (Å²) in [5.41, 5.74) is 22.0. The van der Waals surface area contributed by atoms with Gasteiger partial charge in [-0.05, 0) is 60.3 Å². The summed E-state index contributed by atoms with van der Waals surface area (Å²) in [5.74, 6) is -0.220. The van der Waals surface area contributed by atoms with Crippen LogP contribution in [-0.4, -0.2) is 49.2 Å². The average molecular weight is 468 g/mol. The van der Waals surface area contributed by atoms with Crippen molar-refractivity contribution in [1.29, 1.82) is 0 Å². The molecule has 5 atom stereocenters. The molecule has 2 heterocycles. The monoisotopic (exact) mass is 467 g/mol. The molecule has 2 aromatic carbocycles. The molecule has 1 amide bonds. The van der Waals surface area contributed by atoms with Crippen LogP contribution < -0.4 is 32.6 Å². The van der Waals surface area contributed by atoms with Crippen molar-refractivity contribution in [3.8, 4) is 5.75 Å². The van der Waals surface area contributed by atoms with Crippen molar-refractivity contribution in [1.82, 2.24) is 10.6 Å². The van der Waals surface area contributed by atoms with Gasteiger partial charge in [0.1, 0.15) is 11.3 Å². The van der Waals surface area contributed by atoms with Gasteiger partial charge in [-0.1, -0.05) is 12.1 Å². The largest absolute Gasteiger partial charge is 0.497 e. The smallest absolute Gasteiger partial charge is 0.234 e. The summed E-state index contributed by atoms with van der Waals surface area (Å²) in [7, 11) is 1.59. The van der Waals surface area contributed by atoms with Gasteiger partial charge in [0, 0.05) is 29.1 Å². The number of amides is 1. The Morgan fingerprint density at radius 2 is 2.03 bits per heavy atom. The molecule has 0 aromatic heterocycles. The highest BCUT2D eigenvalue weighted by Gasteiger charge is 2.57. The zero-order valence-corrected chi connectivity index (χ0v) is 19.5. The van der Waals surface area contributed by atoms with Crippen LogP contribution in [0.2, 0.25) is 0 Å². The van der Waals surface area contributed by atoms with Gasteiger partial charge >= 0.3 is 0 Å². The van der Waals surface area contributed by atoms with Gasteiger partial charge in [-0.15, -0.1) is 11.8 Å². The normalized spacial score (nSPS) is 30.2. The highest BCUT2D eigenvalue weighted by atomic mass is 32.2. The fourth-order valence-corrected chi connectivity index (χ4v) is 6.92. The third-order valence-corrected chi connectivity index (χ3v) is 8.61. The summed E-state index contributed by atoms with van der Waals surface area (Å²) in [6.07, 6.45) is 0.877. The third kappa shape index (κ3) is 3.25. The van der Waals surface area contributed by atoms with Crippen molar-refractivity contribution in [2.45, 2.75) is 47.0 Å². The molecule has 1 fully saturated rings. The summed E-state index contributed by atoms with van der Waals surface area (Å²) in [6, 6.07) is 8.19. The molecular formula is C24H29N5O3S. The number of ether oxygens (including phenoxy) is 1. The lowest BCUT2D eigenvalue weighted by Gasteiger charge is -2.42. The number of hydrogen-bond donors (Lipinski definition) is 5. The van der Waals surface area contributed by atoms with Crippen LogP contribution in [0.15, 0.2) is 35.2 Å². The van der Waals surface area contributed by atoms with E-state index in [1.54, 1.807) is 19.2 Å². The predicted octanol–water partition coefficient (Wildman–Crippen LogP) is 0.734. The Hall–Kier alpha value is -2.59. The van der Waals surface area contributed by atoms with E-state index in [2.05, 4.69) is 10.6 Å². The maximum Gasteiger partial charge on any atom is 0.234 e. The molecule has 33 heavy (non-hydrogen) atoms. The summed E-state index contributed by atoms with van der Waals surface area (Å²) < 4.78 is 5.33. The van der Waals surface area contributed by atoms with E-state index in [-0.39, 0.29) is 17.7 Å². The minimum Gasteiger partial charge on any atom is -0.497 e. The molecule has 0 saturated carbocycles. The molecule has 5 rings (SSSR count). The van der Waals surface area contributed by atoms with Crippen molar-refractivity contribution in [3.05, 3.63) is 52.6 Å². The van der Waals surface area contributed by atoms with E-state index < -0.39 is 22.7 Å². The maximum absolute atomic E-state index is 13.8. The van der Waals surface area contributed by atoms with Crippen LogP contribution in [-0.2, 0) is 15.1 Å². The number of anilines is 1. The zero-order chi connectivity index (χ0) is 23.5. The number of carbonyl (C=O) groups is 2. The first-order chi connectivity index (χ1) is 15.8. The Kier molecular flexibility index (Phi) is 5.40. The molecule has 3 aliphatic rings. The van der Waals surface area contributed by atoms with Crippen molar-refractivity contribution in [2.24, 2.45) is 11.5 Å². The van der Waals surface area contributed by atoms with E-state index >= 15 is 0 Å². The number of nitrogens with one attached hydrogen (secondary N) is 2. The summed E-state index contributed by atoms with van der Waals surface area (Å²) in [4.78, 5) is 27.9. The first kappa shape index (κ1) is 22.2. The summed E-state index contributed by atoms with van der Waals surface area (Å²) in [6.45, 7) is 3.51. The lowest BCUT2D eigenvalue weighted by molar-refractivity contribution is -0.126. The minimum absolute atomic E-state index is 0.0738. The van der Waals surface area contributed by atoms with Gasteiger partial charge in [0.25, 0.3) is 0 Å². The zero-order valence-electron chi connectivity index (χ0n) is 18.7. The van der Waals surface area contributed by atoms with Crippen molar-refractivity contribution >= 4 is 29.1 Å². The first-order valence-electron chi connectivity index (χ1n) is 11.1. The molecule has 5 unspecified atom stereocenters. The Bertz CT molecular complexity index is 1150. The van der Waals surface area contributed by atoms with Crippen LogP contribution in [0.5, 0.6) is 5.75 Å². The number of methoxy groups -OCH3 is 1. The van der Waals surface area contributed by atoms with Crippen LogP contribution in [0.3, 0.4) is 0 Å². The number of benzene rings is 2. The van der Waals surface area contributed by atoms with Gasteiger partial charge in [0.2, 0.25) is 5.91 Å². The second kappa shape index (κ2) is 8.02. The van der Waals surface area contributed by atoms with E-state index in [0.29, 0.717) is 22.6 Å². The summed E-state index contributed by atoms with van der Waals surface area (Å²) in [5, 5.41) is 5.83. The van der Waals surface area contributed by atoms with E-state index in [4.69, 9.17) is 21.9 Å². The van der Waals surface area contributed by atoms with E-state index in [1.165, 1.54) is 11.8 Å². The van der Waals surface area contributed by atoms with Crippen LogP contribution in [0.1, 0.15) is 34.6 Å². The van der Waals surface area contributed by atoms with Crippen molar-refractivity contribution < 1.29 is 14.3 Å². The van der Waals surface area contributed by atoms with Gasteiger partial charge < -0.3 is 32.6 Å². The van der Waals surface area contributed by atoms with Crippen molar-refractivity contribution in [3.63, 3.8) is 0 Å². The first-order valence-corrected chi connectivity index (χ1v) is 12.0. The molecular weight excluding hydrogens is 438 g/mol. The van der Waals surface area contributed by atoms with E-state index in [9.17, 15) is 9.59 Å². The second-order valence-corrected chi connectivity index (χ2v) is 10.2. The molecule has 0 bridgehead atoms. The molecule has 8 nitrogen and oxygen atoms in total. The molecule has 2 aromatic rings. The van der Waals surface area contributed by atoms with Gasteiger partial charge in [-0.2, -0.15) is 0 Å². The maximum atomic E-state index is 13.8. The molecule has 0 radical (unpaired) electrons. The lowest BCUT2D eigenvalue weighted by atomic mass is 9.64. The topological polar surface area (TPSA) is 145 Å². The van der Waals surface area contributed by atoms with Crippen LogP contribution in [0.4, 0.5) is 5.69 Å². The fourth-order valence-electron chi connectivity index (χ4n) is 5.46. The van der Waals surface area contributed by atoms with E-state index in [1.807, 2.05) is 25.1 Å². The average Bonchev–Trinajstić information content (AvgIpc) is 3.45. The number of ketones is 1. The number of nitrogens with two attached hydrogens (primary N) is 3. The lowest BCUT2D eigenvalue weighted by Crippen LogP contribution is -2.60. The number of aryl methyl sites for hydroxylation is 1.